The lowest BCUT2D eigenvalue weighted by Gasteiger charge is -2.37. The van der Waals surface area contributed by atoms with Crippen LogP contribution in [0.4, 0.5) is 0 Å². The van der Waals surface area contributed by atoms with Crippen molar-refractivity contribution in [2.24, 2.45) is 28.8 Å². The van der Waals surface area contributed by atoms with Gasteiger partial charge in [-0.2, -0.15) is 15.4 Å². The molecule has 6 heteroatoms. The van der Waals surface area contributed by atoms with E-state index in [0.717, 1.165) is 29.0 Å². The SMILES string of the molecule is N#Cc1ccccc1COc1ccc(/C=N\N2C(=O)[C@@H]3[C@H](C2=O)[C@H]2C=C[C@H]3CC2)cc1. The van der Waals surface area contributed by atoms with E-state index in [0.29, 0.717) is 17.9 Å². The summed E-state index contributed by atoms with van der Waals surface area (Å²) in [5.41, 5.74) is 2.18. The summed E-state index contributed by atoms with van der Waals surface area (Å²) in [6.07, 6.45) is 7.68. The van der Waals surface area contributed by atoms with Crippen LogP contribution >= 0.6 is 0 Å². The van der Waals surface area contributed by atoms with Gasteiger partial charge < -0.3 is 4.74 Å². The lowest BCUT2D eigenvalue weighted by Crippen LogP contribution is -2.38. The first-order valence-electron chi connectivity index (χ1n) is 10.5. The first-order chi connectivity index (χ1) is 15.2. The molecular formula is C25H21N3O3. The highest BCUT2D eigenvalue weighted by Gasteiger charge is 2.56. The van der Waals surface area contributed by atoms with Gasteiger partial charge in [0.1, 0.15) is 12.4 Å². The van der Waals surface area contributed by atoms with Gasteiger partial charge in [0.15, 0.2) is 0 Å². The number of allylic oxidation sites excluding steroid dienone is 2. The summed E-state index contributed by atoms with van der Waals surface area (Å²) < 4.78 is 5.78. The van der Waals surface area contributed by atoms with Crippen LogP contribution < -0.4 is 4.74 Å². The Morgan fingerprint density at radius 3 is 2.26 bits per heavy atom. The number of nitrogens with zero attached hydrogens (tertiary/aromatic N) is 3. The van der Waals surface area contributed by atoms with Crippen LogP contribution in [0.5, 0.6) is 5.75 Å². The Labute approximate surface area is 180 Å². The van der Waals surface area contributed by atoms with Crippen molar-refractivity contribution < 1.29 is 14.3 Å². The molecule has 1 saturated heterocycles. The fraction of sp³-hybridized carbons (Fsp3) is 0.280. The van der Waals surface area contributed by atoms with Crippen molar-refractivity contribution in [1.29, 1.82) is 5.26 Å². The lowest BCUT2D eigenvalue weighted by atomic mass is 9.63. The molecule has 4 aliphatic rings. The Bertz CT molecular complexity index is 1100. The topological polar surface area (TPSA) is 82.8 Å². The Hall–Kier alpha value is -3.72. The highest BCUT2D eigenvalue weighted by atomic mass is 16.5. The third-order valence-corrected chi connectivity index (χ3v) is 6.47. The number of nitriles is 1. The minimum Gasteiger partial charge on any atom is -0.489 e. The molecule has 2 fully saturated rings. The third-order valence-electron chi connectivity index (χ3n) is 6.47. The number of hydrogen-bond acceptors (Lipinski definition) is 5. The van der Waals surface area contributed by atoms with Gasteiger partial charge in [-0.1, -0.05) is 30.4 Å². The van der Waals surface area contributed by atoms with Crippen molar-refractivity contribution >= 4 is 18.0 Å². The fourth-order valence-electron chi connectivity index (χ4n) is 4.86. The molecule has 1 saturated carbocycles. The van der Waals surface area contributed by atoms with Crippen LogP contribution in [0.2, 0.25) is 0 Å². The first kappa shape index (κ1) is 19.3. The molecule has 6 nitrogen and oxygen atoms in total. The quantitative estimate of drug-likeness (QED) is 0.427. The van der Waals surface area contributed by atoms with Gasteiger partial charge in [0.05, 0.1) is 29.7 Å². The lowest BCUT2D eigenvalue weighted by molar-refractivity contribution is -0.140. The zero-order valence-electron chi connectivity index (χ0n) is 16.8. The Morgan fingerprint density at radius 1 is 1.00 bits per heavy atom. The molecule has 0 aromatic heterocycles. The normalized spacial score (nSPS) is 26.4. The van der Waals surface area contributed by atoms with E-state index < -0.39 is 0 Å². The maximum absolute atomic E-state index is 12.8. The predicted molar refractivity (Wildman–Crippen MR) is 114 cm³/mol. The Balaban J connectivity index is 1.24. The molecule has 0 spiro atoms. The largest absolute Gasteiger partial charge is 0.489 e. The summed E-state index contributed by atoms with van der Waals surface area (Å²) >= 11 is 0. The van der Waals surface area contributed by atoms with Gasteiger partial charge in [-0.05, 0) is 60.6 Å². The molecule has 154 valence electrons. The molecule has 3 aliphatic carbocycles. The van der Waals surface area contributed by atoms with E-state index >= 15 is 0 Å². The van der Waals surface area contributed by atoms with Crippen molar-refractivity contribution in [3.8, 4) is 11.8 Å². The molecule has 1 aliphatic heterocycles. The van der Waals surface area contributed by atoms with E-state index in [1.807, 2.05) is 30.3 Å². The van der Waals surface area contributed by atoms with Gasteiger partial charge in [0.2, 0.25) is 0 Å². The molecule has 0 radical (unpaired) electrons. The number of benzene rings is 2. The van der Waals surface area contributed by atoms with Crippen molar-refractivity contribution in [1.82, 2.24) is 5.01 Å². The summed E-state index contributed by atoms with van der Waals surface area (Å²) in [4.78, 5) is 25.6. The third kappa shape index (κ3) is 3.42. The molecule has 2 amide bonds. The second-order valence-electron chi connectivity index (χ2n) is 8.20. The Kier molecular flexibility index (Phi) is 4.87. The maximum atomic E-state index is 12.8. The summed E-state index contributed by atoms with van der Waals surface area (Å²) in [6, 6.07) is 16.7. The van der Waals surface area contributed by atoms with E-state index in [1.165, 1.54) is 6.21 Å². The second-order valence-corrected chi connectivity index (χ2v) is 8.20. The number of hydrogen-bond donors (Lipinski definition) is 0. The van der Waals surface area contributed by atoms with E-state index in [-0.39, 0.29) is 35.5 Å². The number of imide groups is 1. The summed E-state index contributed by atoms with van der Waals surface area (Å²) in [5.74, 6) is 0.124. The number of carbonyl (C=O) groups excluding carboxylic acids is 2. The average molecular weight is 411 g/mol. The van der Waals surface area contributed by atoms with Gasteiger partial charge in [-0.15, -0.1) is 0 Å². The molecule has 2 bridgehead atoms. The predicted octanol–water partition coefficient (Wildman–Crippen LogP) is 3.67. The molecule has 6 rings (SSSR count). The van der Waals surface area contributed by atoms with Crippen molar-refractivity contribution in [2.75, 3.05) is 0 Å². The molecule has 2 aromatic carbocycles. The second kappa shape index (κ2) is 7.84. The zero-order chi connectivity index (χ0) is 21.4. The van der Waals surface area contributed by atoms with E-state index in [2.05, 4.69) is 23.3 Å². The van der Waals surface area contributed by atoms with E-state index in [4.69, 9.17) is 10.00 Å². The molecule has 1 heterocycles. The average Bonchev–Trinajstić information content (AvgIpc) is 3.09. The molecule has 0 N–H and O–H groups in total. The highest BCUT2D eigenvalue weighted by Crippen LogP contribution is 2.49. The van der Waals surface area contributed by atoms with Crippen molar-refractivity contribution in [3.05, 3.63) is 77.4 Å². The van der Waals surface area contributed by atoms with E-state index in [9.17, 15) is 9.59 Å². The Morgan fingerprint density at radius 2 is 1.65 bits per heavy atom. The van der Waals surface area contributed by atoms with Crippen LogP contribution in [0.25, 0.3) is 0 Å². The van der Waals surface area contributed by atoms with Crippen LogP contribution in [-0.4, -0.2) is 23.0 Å². The zero-order valence-corrected chi connectivity index (χ0v) is 16.8. The molecular weight excluding hydrogens is 390 g/mol. The smallest absolute Gasteiger partial charge is 0.254 e. The highest BCUT2D eigenvalue weighted by molar-refractivity contribution is 6.06. The van der Waals surface area contributed by atoms with Crippen LogP contribution in [0.1, 0.15) is 29.5 Å². The summed E-state index contributed by atoms with van der Waals surface area (Å²) in [5, 5.41) is 14.5. The number of carbonyl (C=O) groups is 2. The van der Waals surface area contributed by atoms with E-state index in [1.54, 1.807) is 18.2 Å². The van der Waals surface area contributed by atoms with Crippen LogP contribution in [0.15, 0.2) is 65.8 Å². The van der Waals surface area contributed by atoms with Crippen LogP contribution in [0, 0.1) is 35.0 Å². The molecule has 31 heavy (non-hydrogen) atoms. The summed E-state index contributed by atoms with van der Waals surface area (Å²) in [7, 11) is 0. The van der Waals surface area contributed by atoms with Crippen molar-refractivity contribution in [2.45, 2.75) is 19.4 Å². The molecule has 2 aromatic rings. The van der Waals surface area contributed by atoms with Gasteiger partial charge >= 0.3 is 0 Å². The number of hydrazone groups is 1. The van der Waals surface area contributed by atoms with Crippen molar-refractivity contribution in [3.63, 3.8) is 0 Å². The maximum Gasteiger partial charge on any atom is 0.254 e. The summed E-state index contributed by atoms with van der Waals surface area (Å²) in [6.45, 7) is 0.299. The minimum absolute atomic E-state index is 0.161. The molecule has 0 unspecified atom stereocenters. The van der Waals surface area contributed by atoms with Gasteiger partial charge in [-0.25, -0.2) is 0 Å². The fourth-order valence-corrected chi connectivity index (χ4v) is 4.86. The number of ether oxygens (including phenoxy) is 1. The molecule has 4 atom stereocenters. The number of fused-ring (bicyclic) bond motifs is 1. The number of amides is 2. The van der Waals surface area contributed by atoms with Crippen LogP contribution in [0.3, 0.4) is 0 Å². The monoisotopic (exact) mass is 411 g/mol. The van der Waals surface area contributed by atoms with Gasteiger partial charge in [0, 0.05) is 5.56 Å². The van der Waals surface area contributed by atoms with Gasteiger partial charge in [-0.3, -0.25) is 9.59 Å². The standard InChI is InChI=1S/C25H21N3O3/c26-13-19-3-1-2-4-20(19)15-31-21-11-5-16(6-12-21)14-27-28-24(29)22-17-7-8-18(10-9-17)23(22)25(28)30/h1-8,11-12,14,17-18,22-23H,9-10,15H2/b27-14-/t17-,18-,22-,23+/m0/s1. The van der Waals surface area contributed by atoms with Crippen LogP contribution in [-0.2, 0) is 16.2 Å². The van der Waals surface area contributed by atoms with Gasteiger partial charge in [0.25, 0.3) is 11.8 Å². The first-order valence-corrected chi connectivity index (χ1v) is 10.5. The number of rotatable bonds is 5. The minimum atomic E-state index is -0.250.